The summed E-state index contributed by atoms with van der Waals surface area (Å²) in [5.74, 6) is -3.01. The van der Waals surface area contributed by atoms with Crippen LogP contribution in [-0.4, -0.2) is 64.1 Å². The van der Waals surface area contributed by atoms with E-state index in [2.05, 4.69) is 10.6 Å². The van der Waals surface area contributed by atoms with Crippen LogP contribution in [0.1, 0.15) is 26.2 Å². The molecule has 0 aliphatic carbocycles. The number of carbonyl (C=O) groups is 4. The molecule has 0 aromatic rings. The second-order valence-corrected chi connectivity index (χ2v) is 5.94. The molecule has 0 aliphatic heterocycles. The first-order valence-corrected chi connectivity index (χ1v) is 8.38. The fraction of sp³-hybridized carbons (Fsp3) is 0.692. The second-order valence-electron chi connectivity index (χ2n) is 4.95. The number of carboxylic acids is 2. The molecule has 2 amide bonds. The normalized spacial score (nSPS) is 14.4. The Labute approximate surface area is 138 Å². The quantitative estimate of drug-likeness (QED) is 0.318. The van der Waals surface area contributed by atoms with Gasteiger partial charge in [0.25, 0.3) is 0 Å². The van der Waals surface area contributed by atoms with Crippen LogP contribution in [0.5, 0.6) is 0 Å². The van der Waals surface area contributed by atoms with Gasteiger partial charge in [-0.3, -0.25) is 14.4 Å². The Morgan fingerprint density at radius 1 is 1.09 bits per heavy atom. The van der Waals surface area contributed by atoms with Crippen LogP contribution in [0.25, 0.3) is 0 Å². The molecular formula is C13H23N3O6S. The van der Waals surface area contributed by atoms with Crippen molar-refractivity contribution in [2.24, 2.45) is 5.73 Å². The first kappa shape index (κ1) is 21.2. The van der Waals surface area contributed by atoms with Crippen LogP contribution in [-0.2, 0) is 19.2 Å². The van der Waals surface area contributed by atoms with Crippen molar-refractivity contribution in [2.75, 3.05) is 12.0 Å². The largest absolute Gasteiger partial charge is 0.481 e. The second kappa shape index (κ2) is 10.8. The van der Waals surface area contributed by atoms with Crippen LogP contribution in [0.4, 0.5) is 0 Å². The SMILES string of the molecule is CSCCC(N)C(=O)NC(C)C(=O)NC(CCC(=O)O)C(=O)O. The minimum absolute atomic E-state index is 0.246. The van der Waals surface area contributed by atoms with Crippen molar-refractivity contribution in [3.63, 3.8) is 0 Å². The lowest BCUT2D eigenvalue weighted by Crippen LogP contribution is -2.53. The van der Waals surface area contributed by atoms with Gasteiger partial charge in [-0.25, -0.2) is 4.79 Å². The Morgan fingerprint density at radius 3 is 2.17 bits per heavy atom. The average molecular weight is 349 g/mol. The summed E-state index contributed by atoms with van der Waals surface area (Å²) in [6.45, 7) is 1.39. The van der Waals surface area contributed by atoms with Crippen LogP contribution < -0.4 is 16.4 Å². The maximum absolute atomic E-state index is 11.9. The fourth-order valence-corrected chi connectivity index (χ4v) is 2.07. The molecule has 0 fully saturated rings. The Bertz CT molecular complexity index is 445. The van der Waals surface area contributed by atoms with Gasteiger partial charge in [0.05, 0.1) is 6.04 Å². The summed E-state index contributed by atoms with van der Waals surface area (Å²) in [6, 6.07) is -3.06. The summed E-state index contributed by atoms with van der Waals surface area (Å²) < 4.78 is 0. The highest BCUT2D eigenvalue weighted by atomic mass is 32.2. The topological polar surface area (TPSA) is 159 Å². The molecule has 0 aromatic heterocycles. The van der Waals surface area contributed by atoms with Crippen molar-refractivity contribution >= 4 is 35.5 Å². The number of hydrogen-bond acceptors (Lipinski definition) is 6. The molecule has 0 aromatic carbocycles. The van der Waals surface area contributed by atoms with Gasteiger partial charge in [0, 0.05) is 6.42 Å². The Balaban J connectivity index is 4.48. The molecule has 3 unspecified atom stereocenters. The Kier molecular flexibility index (Phi) is 9.99. The number of thioether (sulfide) groups is 1. The molecule has 10 heteroatoms. The molecule has 0 radical (unpaired) electrons. The molecule has 0 spiro atoms. The number of hydrogen-bond donors (Lipinski definition) is 5. The maximum atomic E-state index is 11.9. The first-order valence-electron chi connectivity index (χ1n) is 6.98. The number of nitrogens with one attached hydrogen (secondary N) is 2. The molecular weight excluding hydrogens is 326 g/mol. The van der Waals surface area contributed by atoms with Gasteiger partial charge in [0.15, 0.2) is 0 Å². The highest BCUT2D eigenvalue weighted by Crippen LogP contribution is 2.01. The predicted molar refractivity (Wildman–Crippen MR) is 85.0 cm³/mol. The molecule has 0 aliphatic rings. The van der Waals surface area contributed by atoms with E-state index < -0.39 is 48.3 Å². The standard InChI is InChI=1S/C13H23N3O6S/c1-7(15-12(20)8(14)5-6-23-2)11(19)16-9(13(21)22)3-4-10(17)18/h7-9H,3-6,14H2,1-2H3,(H,15,20)(H,16,19)(H,17,18)(H,21,22). The molecule has 0 saturated carbocycles. The highest BCUT2D eigenvalue weighted by Gasteiger charge is 2.25. The number of carbonyl (C=O) groups excluding carboxylic acids is 2. The molecule has 3 atom stereocenters. The summed E-state index contributed by atoms with van der Waals surface area (Å²) in [5.41, 5.74) is 5.67. The van der Waals surface area contributed by atoms with E-state index in [1.54, 1.807) is 0 Å². The Morgan fingerprint density at radius 2 is 1.70 bits per heavy atom. The predicted octanol–water partition coefficient (Wildman–Crippen LogP) is -0.994. The molecule has 132 valence electrons. The zero-order chi connectivity index (χ0) is 18.0. The van der Waals surface area contributed by atoms with Crippen molar-refractivity contribution in [1.82, 2.24) is 10.6 Å². The van der Waals surface area contributed by atoms with E-state index in [0.717, 1.165) is 0 Å². The molecule has 23 heavy (non-hydrogen) atoms. The van der Waals surface area contributed by atoms with Crippen molar-refractivity contribution in [3.8, 4) is 0 Å². The van der Waals surface area contributed by atoms with Crippen molar-refractivity contribution < 1.29 is 29.4 Å². The smallest absolute Gasteiger partial charge is 0.326 e. The lowest BCUT2D eigenvalue weighted by Gasteiger charge is -2.20. The van der Waals surface area contributed by atoms with Gasteiger partial charge in [0.2, 0.25) is 11.8 Å². The van der Waals surface area contributed by atoms with E-state index in [1.165, 1.54) is 18.7 Å². The van der Waals surface area contributed by atoms with Crippen molar-refractivity contribution in [2.45, 2.75) is 44.3 Å². The average Bonchev–Trinajstić information content (AvgIpc) is 2.47. The van der Waals surface area contributed by atoms with Crippen LogP contribution >= 0.6 is 11.8 Å². The lowest BCUT2D eigenvalue weighted by molar-refractivity contribution is -0.143. The molecule has 0 bridgehead atoms. The molecule has 0 rings (SSSR count). The summed E-state index contributed by atoms with van der Waals surface area (Å²) in [4.78, 5) is 45.1. The summed E-state index contributed by atoms with van der Waals surface area (Å²) in [7, 11) is 0. The Hall–Kier alpha value is -1.81. The van der Waals surface area contributed by atoms with Gasteiger partial charge in [-0.05, 0) is 31.8 Å². The lowest BCUT2D eigenvalue weighted by atomic mass is 10.1. The van der Waals surface area contributed by atoms with E-state index >= 15 is 0 Å². The van der Waals surface area contributed by atoms with E-state index in [-0.39, 0.29) is 6.42 Å². The van der Waals surface area contributed by atoms with Gasteiger partial charge < -0.3 is 26.6 Å². The van der Waals surface area contributed by atoms with Crippen molar-refractivity contribution in [3.05, 3.63) is 0 Å². The van der Waals surface area contributed by atoms with E-state index in [9.17, 15) is 19.2 Å². The number of amides is 2. The summed E-state index contributed by atoms with van der Waals surface area (Å²) in [6.07, 6.45) is 1.70. The molecule has 0 heterocycles. The van der Waals surface area contributed by atoms with Crippen molar-refractivity contribution in [1.29, 1.82) is 0 Å². The number of aliphatic carboxylic acids is 2. The molecule has 0 saturated heterocycles. The van der Waals surface area contributed by atoms with E-state index in [0.29, 0.717) is 12.2 Å². The minimum atomic E-state index is -1.34. The van der Waals surface area contributed by atoms with Crippen LogP contribution in [0.15, 0.2) is 0 Å². The monoisotopic (exact) mass is 349 g/mol. The van der Waals surface area contributed by atoms with Gasteiger partial charge in [-0.1, -0.05) is 0 Å². The first-order chi connectivity index (χ1) is 10.7. The van der Waals surface area contributed by atoms with Crippen LogP contribution in [0.2, 0.25) is 0 Å². The maximum Gasteiger partial charge on any atom is 0.326 e. The number of nitrogens with two attached hydrogens (primary N) is 1. The fourth-order valence-electron chi connectivity index (χ4n) is 1.58. The van der Waals surface area contributed by atoms with Gasteiger partial charge in [0.1, 0.15) is 12.1 Å². The zero-order valence-corrected chi connectivity index (χ0v) is 13.9. The van der Waals surface area contributed by atoms with Gasteiger partial charge >= 0.3 is 11.9 Å². The van der Waals surface area contributed by atoms with Crippen LogP contribution in [0, 0.1) is 0 Å². The summed E-state index contributed by atoms with van der Waals surface area (Å²) in [5, 5.41) is 22.1. The molecule has 9 nitrogen and oxygen atoms in total. The number of rotatable bonds is 11. The third-order valence-corrected chi connectivity index (χ3v) is 3.63. The number of carboxylic acid groups (broad SMARTS) is 2. The highest BCUT2D eigenvalue weighted by molar-refractivity contribution is 7.98. The third kappa shape index (κ3) is 9.04. The zero-order valence-electron chi connectivity index (χ0n) is 13.1. The van der Waals surface area contributed by atoms with E-state index in [4.69, 9.17) is 15.9 Å². The van der Waals surface area contributed by atoms with Crippen LogP contribution in [0.3, 0.4) is 0 Å². The minimum Gasteiger partial charge on any atom is -0.481 e. The summed E-state index contributed by atoms with van der Waals surface area (Å²) >= 11 is 1.54. The van der Waals surface area contributed by atoms with E-state index in [1.807, 2.05) is 6.26 Å². The van der Waals surface area contributed by atoms with Gasteiger partial charge in [-0.2, -0.15) is 11.8 Å². The van der Waals surface area contributed by atoms with Gasteiger partial charge in [-0.15, -0.1) is 0 Å². The molecule has 6 N–H and O–H groups in total. The third-order valence-electron chi connectivity index (χ3n) is 2.98.